The lowest BCUT2D eigenvalue weighted by atomic mass is 9.89. The number of nitrogens with zero attached hydrogens (tertiary/aromatic N) is 1. The average molecular weight is 252 g/mol. The number of hydrogen-bond donors (Lipinski definition) is 1. The molecule has 1 saturated heterocycles. The molecule has 2 fully saturated rings. The zero-order valence-electron chi connectivity index (χ0n) is 11.8. The van der Waals surface area contributed by atoms with Crippen LogP contribution in [-0.4, -0.2) is 34.3 Å². The fourth-order valence-electron chi connectivity index (χ4n) is 2.70. The van der Waals surface area contributed by atoms with E-state index in [0.29, 0.717) is 12.3 Å². The van der Waals surface area contributed by atoms with Gasteiger partial charge in [-0.15, -0.1) is 0 Å². The van der Waals surface area contributed by atoms with E-state index in [2.05, 4.69) is 12.2 Å². The molecule has 2 rings (SSSR count). The topological polar surface area (TPSA) is 49.4 Å². The van der Waals surface area contributed by atoms with Gasteiger partial charge >= 0.3 is 0 Å². The van der Waals surface area contributed by atoms with Gasteiger partial charge in [0.05, 0.1) is 0 Å². The van der Waals surface area contributed by atoms with Crippen molar-refractivity contribution < 1.29 is 9.59 Å². The molecular weight excluding hydrogens is 228 g/mol. The summed E-state index contributed by atoms with van der Waals surface area (Å²) in [5.41, 5.74) is -0.716. The Bertz CT molecular complexity index is 365. The highest BCUT2D eigenvalue weighted by molar-refractivity contribution is 6.00. The van der Waals surface area contributed by atoms with Gasteiger partial charge in [-0.1, -0.05) is 13.8 Å². The van der Waals surface area contributed by atoms with E-state index < -0.39 is 5.54 Å². The highest BCUT2D eigenvalue weighted by Gasteiger charge is 2.52. The van der Waals surface area contributed by atoms with Crippen molar-refractivity contribution in [2.45, 2.75) is 71.0 Å². The number of nitrogens with one attached hydrogen (secondary N) is 1. The molecule has 3 unspecified atom stereocenters. The van der Waals surface area contributed by atoms with Crippen LogP contribution in [0.15, 0.2) is 0 Å². The number of hydrogen-bond acceptors (Lipinski definition) is 2. The molecule has 1 saturated carbocycles. The lowest BCUT2D eigenvalue weighted by Crippen LogP contribution is -2.71. The molecule has 0 radical (unpaired) electrons. The normalized spacial score (nSPS) is 34.4. The van der Waals surface area contributed by atoms with Gasteiger partial charge < -0.3 is 10.2 Å². The Balaban J connectivity index is 2.32. The highest BCUT2D eigenvalue weighted by atomic mass is 16.2. The van der Waals surface area contributed by atoms with E-state index in [1.165, 1.54) is 0 Å². The molecular formula is C14H24N2O2. The van der Waals surface area contributed by atoms with Crippen molar-refractivity contribution in [3.63, 3.8) is 0 Å². The summed E-state index contributed by atoms with van der Waals surface area (Å²) >= 11 is 0. The number of rotatable bonds is 4. The van der Waals surface area contributed by atoms with Gasteiger partial charge in [-0.2, -0.15) is 0 Å². The lowest BCUT2D eigenvalue weighted by molar-refractivity contribution is -0.158. The molecule has 1 aliphatic carbocycles. The fraction of sp³-hybridized carbons (Fsp3) is 0.857. The minimum atomic E-state index is -0.716. The molecule has 0 bridgehead atoms. The van der Waals surface area contributed by atoms with Gasteiger partial charge in [-0.05, 0) is 45.4 Å². The van der Waals surface area contributed by atoms with E-state index in [1.807, 2.05) is 25.7 Å². The molecule has 0 aromatic rings. The molecule has 0 aromatic heterocycles. The second-order valence-electron chi connectivity index (χ2n) is 5.93. The summed E-state index contributed by atoms with van der Waals surface area (Å²) < 4.78 is 0. The molecule has 1 heterocycles. The van der Waals surface area contributed by atoms with Crippen LogP contribution in [-0.2, 0) is 9.59 Å². The predicted octanol–water partition coefficient (Wildman–Crippen LogP) is 1.69. The first-order valence-electron chi connectivity index (χ1n) is 7.09. The van der Waals surface area contributed by atoms with Gasteiger partial charge in [0.25, 0.3) is 0 Å². The SMILES string of the molecule is CCC(C)N1C(=O)C(C)(CC)NC(=O)C1C1CC1. The predicted molar refractivity (Wildman–Crippen MR) is 69.9 cm³/mol. The van der Waals surface area contributed by atoms with Crippen molar-refractivity contribution >= 4 is 11.8 Å². The van der Waals surface area contributed by atoms with Gasteiger partial charge in [0, 0.05) is 6.04 Å². The van der Waals surface area contributed by atoms with Gasteiger partial charge in [0.2, 0.25) is 11.8 Å². The monoisotopic (exact) mass is 252 g/mol. The molecule has 1 aliphatic heterocycles. The third kappa shape index (κ3) is 2.02. The molecule has 0 spiro atoms. The summed E-state index contributed by atoms with van der Waals surface area (Å²) in [6, 6.07) is -0.0906. The molecule has 2 aliphatic rings. The minimum Gasteiger partial charge on any atom is -0.340 e. The van der Waals surface area contributed by atoms with E-state index in [4.69, 9.17) is 0 Å². The third-order valence-electron chi connectivity index (χ3n) is 4.52. The zero-order chi connectivity index (χ0) is 13.5. The highest BCUT2D eigenvalue weighted by Crippen LogP contribution is 2.39. The van der Waals surface area contributed by atoms with Crippen LogP contribution in [0.2, 0.25) is 0 Å². The Morgan fingerprint density at radius 2 is 2.00 bits per heavy atom. The maximum absolute atomic E-state index is 12.7. The molecule has 102 valence electrons. The number of amides is 2. The van der Waals surface area contributed by atoms with Gasteiger partial charge in [-0.3, -0.25) is 9.59 Å². The number of carbonyl (C=O) groups is 2. The smallest absolute Gasteiger partial charge is 0.248 e. The van der Waals surface area contributed by atoms with Crippen LogP contribution < -0.4 is 5.32 Å². The van der Waals surface area contributed by atoms with Crippen molar-refractivity contribution in [1.29, 1.82) is 0 Å². The summed E-state index contributed by atoms with van der Waals surface area (Å²) in [5, 5.41) is 2.94. The van der Waals surface area contributed by atoms with Gasteiger partial charge in [-0.25, -0.2) is 0 Å². The van der Waals surface area contributed by atoms with Crippen molar-refractivity contribution in [2.24, 2.45) is 5.92 Å². The molecule has 2 amide bonds. The van der Waals surface area contributed by atoms with E-state index in [0.717, 1.165) is 19.3 Å². The fourth-order valence-corrected chi connectivity index (χ4v) is 2.70. The van der Waals surface area contributed by atoms with Crippen LogP contribution in [0.5, 0.6) is 0 Å². The van der Waals surface area contributed by atoms with Crippen LogP contribution in [0.25, 0.3) is 0 Å². The summed E-state index contributed by atoms with van der Waals surface area (Å²) in [7, 11) is 0. The maximum Gasteiger partial charge on any atom is 0.248 e. The molecule has 18 heavy (non-hydrogen) atoms. The number of piperazine rings is 1. The first kappa shape index (κ1) is 13.4. The first-order valence-corrected chi connectivity index (χ1v) is 7.09. The Hall–Kier alpha value is -1.06. The van der Waals surface area contributed by atoms with Gasteiger partial charge in [0.15, 0.2) is 0 Å². The number of carbonyl (C=O) groups excluding carboxylic acids is 2. The average Bonchev–Trinajstić information content (AvgIpc) is 3.16. The van der Waals surface area contributed by atoms with Crippen LogP contribution in [0, 0.1) is 5.92 Å². The lowest BCUT2D eigenvalue weighted by Gasteiger charge is -2.47. The first-order chi connectivity index (χ1) is 8.44. The van der Waals surface area contributed by atoms with Crippen LogP contribution in [0.1, 0.15) is 53.4 Å². The van der Waals surface area contributed by atoms with E-state index in [-0.39, 0.29) is 23.9 Å². The molecule has 4 nitrogen and oxygen atoms in total. The van der Waals surface area contributed by atoms with Crippen LogP contribution >= 0.6 is 0 Å². The second kappa shape index (κ2) is 4.56. The third-order valence-corrected chi connectivity index (χ3v) is 4.52. The molecule has 0 aromatic carbocycles. The van der Waals surface area contributed by atoms with Crippen LogP contribution in [0.4, 0.5) is 0 Å². The Kier molecular flexibility index (Phi) is 3.39. The van der Waals surface area contributed by atoms with Crippen molar-refractivity contribution in [3.05, 3.63) is 0 Å². The summed E-state index contributed by atoms with van der Waals surface area (Å²) in [6.45, 7) is 7.90. The van der Waals surface area contributed by atoms with Crippen molar-refractivity contribution in [2.75, 3.05) is 0 Å². The van der Waals surface area contributed by atoms with E-state index in [9.17, 15) is 9.59 Å². The summed E-state index contributed by atoms with van der Waals surface area (Å²) in [4.78, 5) is 26.9. The van der Waals surface area contributed by atoms with Crippen LogP contribution in [0.3, 0.4) is 0 Å². The standard InChI is InChI=1S/C14H24N2O2/c1-5-9(3)16-11(10-7-8-10)12(17)15-14(4,6-2)13(16)18/h9-11H,5-8H2,1-4H3,(H,15,17). The Morgan fingerprint density at radius 3 is 2.44 bits per heavy atom. The summed E-state index contributed by atoms with van der Waals surface area (Å²) in [6.07, 6.45) is 3.67. The maximum atomic E-state index is 12.7. The molecule has 4 heteroatoms. The Labute approximate surface area is 109 Å². The minimum absolute atomic E-state index is 0.0433. The summed E-state index contributed by atoms with van der Waals surface area (Å²) in [5.74, 6) is 0.516. The molecule has 1 N–H and O–H groups in total. The van der Waals surface area contributed by atoms with Crippen molar-refractivity contribution in [3.8, 4) is 0 Å². The second-order valence-corrected chi connectivity index (χ2v) is 5.93. The van der Waals surface area contributed by atoms with E-state index in [1.54, 1.807) is 0 Å². The van der Waals surface area contributed by atoms with Gasteiger partial charge in [0.1, 0.15) is 11.6 Å². The van der Waals surface area contributed by atoms with Crippen molar-refractivity contribution in [1.82, 2.24) is 10.2 Å². The Morgan fingerprint density at radius 1 is 1.39 bits per heavy atom. The quantitative estimate of drug-likeness (QED) is 0.827. The largest absolute Gasteiger partial charge is 0.340 e. The van der Waals surface area contributed by atoms with E-state index >= 15 is 0 Å². The zero-order valence-corrected chi connectivity index (χ0v) is 11.8. The molecule has 3 atom stereocenters.